The van der Waals surface area contributed by atoms with E-state index < -0.39 is 11.9 Å². The van der Waals surface area contributed by atoms with Gasteiger partial charge in [-0.2, -0.15) is 13.2 Å². The van der Waals surface area contributed by atoms with Gasteiger partial charge in [0, 0.05) is 7.05 Å². The van der Waals surface area contributed by atoms with Gasteiger partial charge in [-0.1, -0.05) is 0 Å². The number of hydrogen-bond acceptors (Lipinski definition) is 6. The number of pyridine rings is 2. The average molecular weight is 371 g/mol. The third-order valence-electron chi connectivity index (χ3n) is 3.88. The van der Waals surface area contributed by atoms with Crippen LogP contribution in [0, 0.1) is 0 Å². The number of aryl methyl sites for hydroxylation is 1. The van der Waals surface area contributed by atoms with Crippen molar-refractivity contribution in [1.82, 2.24) is 29.5 Å². The molecule has 10 heteroatoms. The van der Waals surface area contributed by atoms with E-state index in [1.807, 2.05) is 17.7 Å². The molecule has 27 heavy (non-hydrogen) atoms. The molecule has 0 aliphatic carbocycles. The van der Waals surface area contributed by atoms with Gasteiger partial charge < -0.3 is 9.88 Å². The maximum Gasteiger partial charge on any atom is 0.433 e. The Bertz CT molecular complexity index is 1100. The molecule has 7 nitrogen and oxygen atoms in total. The molecule has 4 heterocycles. The number of halogens is 3. The zero-order chi connectivity index (χ0) is 19.0. The van der Waals surface area contributed by atoms with E-state index in [1.54, 1.807) is 18.6 Å². The van der Waals surface area contributed by atoms with Gasteiger partial charge >= 0.3 is 6.18 Å². The van der Waals surface area contributed by atoms with Crippen molar-refractivity contribution >= 4 is 22.5 Å². The van der Waals surface area contributed by atoms with Gasteiger partial charge in [0.25, 0.3) is 0 Å². The standard InChI is InChI=1S/C17H12F3N7/c1-27-9-21-7-13(27)11-3-4-12-15(26-11)16(24-8-23-12)25-10-2-5-14(22-6-10)17(18,19)20/h2-9H,1H3,(H,23,24,25). The van der Waals surface area contributed by atoms with Crippen molar-refractivity contribution in [2.75, 3.05) is 5.32 Å². The van der Waals surface area contributed by atoms with Crippen LogP contribution < -0.4 is 5.32 Å². The molecular weight excluding hydrogens is 359 g/mol. The van der Waals surface area contributed by atoms with Crippen molar-refractivity contribution in [2.24, 2.45) is 7.05 Å². The van der Waals surface area contributed by atoms with E-state index in [1.165, 1.54) is 12.4 Å². The van der Waals surface area contributed by atoms with Crippen LogP contribution in [0.4, 0.5) is 24.7 Å². The normalized spacial score (nSPS) is 11.7. The minimum Gasteiger partial charge on any atom is -0.337 e. The Kier molecular flexibility index (Phi) is 3.94. The van der Waals surface area contributed by atoms with Gasteiger partial charge in [0.2, 0.25) is 0 Å². The Morgan fingerprint density at radius 2 is 1.85 bits per heavy atom. The first-order chi connectivity index (χ1) is 12.9. The summed E-state index contributed by atoms with van der Waals surface area (Å²) in [6.45, 7) is 0. The van der Waals surface area contributed by atoms with Crippen molar-refractivity contribution in [2.45, 2.75) is 6.18 Å². The summed E-state index contributed by atoms with van der Waals surface area (Å²) in [6.07, 6.45) is 1.32. The summed E-state index contributed by atoms with van der Waals surface area (Å²) in [6, 6.07) is 5.80. The van der Waals surface area contributed by atoms with E-state index in [4.69, 9.17) is 0 Å². The fourth-order valence-electron chi connectivity index (χ4n) is 2.55. The molecule has 0 aromatic carbocycles. The predicted octanol–water partition coefficient (Wildman–Crippen LogP) is 3.58. The molecule has 0 atom stereocenters. The number of anilines is 2. The van der Waals surface area contributed by atoms with Crippen LogP contribution in [0.5, 0.6) is 0 Å². The molecule has 1 N–H and O–H groups in total. The fraction of sp³-hybridized carbons (Fsp3) is 0.118. The molecule has 4 aromatic heterocycles. The van der Waals surface area contributed by atoms with Gasteiger partial charge in [-0.25, -0.2) is 24.9 Å². The third kappa shape index (κ3) is 3.28. The van der Waals surface area contributed by atoms with Crippen LogP contribution in [-0.4, -0.2) is 29.5 Å². The van der Waals surface area contributed by atoms with Gasteiger partial charge in [0.15, 0.2) is 5.82 Å². The number of alkyl halides is 3. The number of nitrogens with zero attached hydrogens (tertiary/aromatic N) is 6. The number of rotatable bonds is 3. The number of aromatic nitrogens is 6. The summed E-state index contributed by atoms with van der Waals surface area (Å²) in [7, 11) is 1.85. The summed E-state index contributed by atoms with van der Waals surface area (Å²) >= 11 is 0. The average Bonchev–Trinajstić information content (AvgIpc) is 3.07. The first-order valence-electron chi connectivity index (χ1n) is 7.80. The second kappa shape index (κ2) is 6.31. The molecule has 0 aliphatic rings. The Hall–Kier alpha value is -3.56. The highest BCUT2D eigenvalue weighted by atomic mass is 19.4. The number of hydrogen-bond donors (Lipinski definition) is 1. The van der Waals surface area contributed by atoms with Gasteiger partial charge in [0.05, 0.1) is 41.3 Å². The van der Waals surface area contributed by atoms with Crippen LogP contribution in [0.2, 0.25) is 0 Å². The number of nitrogens with one attached hydrogen (secondary N) is 1. The highest BCUT2D eigenvalue weighted by Crippen LogP contribution is 2.29. The molecule has 0 bridgehead atoms. The molecular formula is C17H12F3N7. The van der Waals surface area contributed by atoms with Crippen LogP contribution in [0.15, 0.2) is 49.3 Å². The zero-order valence-electron chi connectivity index (χ0n) is 13.9. The highest BCUT2D eigenvalue weighted by Gasteiger charge is 2.32. The molecule has 0 amide bonds. The van der Waals surface area contributed by atoms with Gasteiger partial charge in [-0.3, -0.25) is 0 Å². The van der Waals surface area contributed by atoms with Crippen LogP contribution >= 0.6 is 0 Å². The molecule has 136 valence electrons. The Balaban J connectivity index is 1.72. The lowest BCUT2D eigenvalue weighted by Crippen LogP contribution is -2.07. The molecule has 0 unspecified atom stereocenters. The molecule has 0 saturated heterocycles. The van der Waals surface area contributed by atoms with Crippen molar-refractivity contribution < 1.29 is 13.2 Å². The first kappa shape index (κ1) is 16.9. The van der Waals surface area contributed by atoms with Crippen molar-refractivity contribution in [3.05, 3.63) is 55.0 Å². The molecule has 0 saturated carbocycles. The van der Waals surface area contributed by atoms with Crippen molar-refractivity contribution in [3.8, 4) is 11.4 Å². The van der Waals surface area contributed by atoms with E-state index in [2.05, 4.69) is 30.2 Å². The number of fused-ring (bicyclic) bond motifs is 1. The molecule has 0 aliphatic heterocycles. The van der Waals surface area contributed by atoms with Crippen molar-refractivity contribution in [3.63, 3.8) is 0 Å². The fourth-order valence-corrected chi connectivity index (χ4v) is 2.55. The zero-order valence-corrected chi connectivity index (χ0v) is 13.9. The van der Waals surface area contributed by atoms with Crippen LogP contribution in [-0.2, 0) is 13.2 Å². The van der Waals surface area contributed by atoms with Gasteiger partial charge in [-0.15, -0.1) is 0 Å². The van der Waals surface area contributed by atoms with Gasteiger partial charge in [0.1, 0.15) is 17.5 Å². The quantitative estimate of drug-likeness (QED) is 0.593. The highest BCUT2D eigenvalue weighted by molar-refractivity contribution is 5.88. The summed E-state index contributed by atoms with van der Waals surface area (Å²) in [5.74, 6) is 0.366. The lowest BCUT2D eigenvalue weighted by atomic mass is 10.2. The van der Waals surface area contributed by atoms with E-state index in [0.29, 0.717) is 28.2 Å². The topological polar surface area (TPSA) is 81.4 Å². The van der Waals surface area contributed by atoms with Crippen LogP contribution in [0.3, 0.4) is 0 Å². The first-order valence-corrected chi connectivity index (χ1v) is 7.80. The molecule has 0 fully saturated rings. The largest absolute Gasteiger partial charge is 0.433 e. The molecule has 4 aromatic rings. The third-order valence-corrected chi connectivity index (χ3v) is 3.88. The minimum atomic E-state index is -4.49. The molecule has 0 spiro atoms. The minimum absolute atomic E-state index is 0.357. The monoisotopic (exact) mass is 371 g/mol. The Morgan fingerprint density at radius 1 is 1.00 bits per heavy atom. The summed E-state index contributed by atoms with van der Waals surface area (Å²) in [5, 5.41) is 2.95. The summed E-state index contributed by atoms with van der Waals surface area (Å²) in [4.78, 5) is 20.4. The van der Waals surface area contributed by atoms with E-state index in [0.717, 1.165) is 18.0 Å². The van der Waals surface area contributed by atoms with E-state index >= 15 is 0 Å². The Morgan fingerprint density at radius 3 is 2.52 bits per heavy atom. The molecule has 4 rings (SSSR count). The maximum absolute atomic E-state index is 12.6. The van der Waals surface area contributed by atoms with E-state index in [-0.39, 0.29) is 0 Å². The summed E-state index contributed by atoms with van der Waals surface area (Å²) < 4.78 is 39.8. The maximum atomic E-state index is 12.6. The SMILES string of the molecule is Cn1cncc1-c1ccc2ncnc(Nc3ccc(C(F)(F)F)nc3)c2n1. The van der Waals surface area contributed by atoms with Gasteiger partial charge in [-0.05, 0) is 24.3 Å². The summed E-state index contributed by atoms with van der Waals surface area (Å²) in [5.41, 5.74) is 1.95. The van der Waals surface area contributed by atoms with E-state index in [9.17, 15) is 13.2 Å². The lowest BCUT2D eigenvalue weighted by Gasteiger charge is -2.10. The number of imidazole rings is 1. The van der Waals surface area contributed by atoms with Crippen LogP contribution in [0.25, 0.3) is 22.4 Å². The predicted molar refractivity (Wildman–Crippen MR) is 92.1 cm³/mol. The van der Waals surface area contributed by atoms with Crippen LogP contribution in [0.1, 0.15) is 5.69 Å². The second-order valence-electron chi connectivity index (χ2n) is 5.73. The lowest BCUT2D eigenvalue weighted by molar-refractivity contribution is -0.141. The molecule has 0 radical (unpaired) electrons. The second-order valence-corrected chi connectivity index (χ2v) is 5.73. The smallest absolute Gasteiger partial charge is 0.337 e. The van der Waals surface area contributed by atoms with Crippen molar-refractivity contribution in [1.29, 1.82) is 0 Å². The Labute approximate surface area is 151 Å².